The Hall–Kier alpha value is -0.0900. The molecule has 1 fully saturated rings. The Balaban J connectivity index is 2.68. The van der Waals surface area contributed by atoms with Crippen molar-refractivity contribution in [2.24, 2.45) is 5.73 Å². The second-order valence-electron chi connectivity index (χ2n) is 7.35. The molecule has 5 N–H and O–H groups in total. The molecule has 1 aliphatic rings. The number of hydrogen-bond acceptors (Lipinski definition) is 8. The van der Waals surface area contributed by atoms with Crippen LogP contribution in [0.2, 0.25) is 0 Å². The monoisotopic (exact) mass is 385 g/mol. The highest BCUT2D eigenvalue weighted by molar-refractivity contribution is 7.53. The van der Waals surface area contributed by atoms with Gasteiger partial charge in [-0.15, -0.1) is 0 Å². The SMILES string of the molecule is CC(C)P(=O)(O)OC1C(CO)OC(OCCOC(C)(C)C)C(N)C1O. The van der Waals surface area contributed by atoms with Crippen molar-refractivity contribution in [2.45, 2.75) is 76.5 Å². The van der Waals surface area contributed by atoms with E-state index in [9.17, 15) is 19.7 Å². The molecular weight excluding hydrogens is 353 g/mol. The third-order valence-electron chi connectivity index (χ3n) is 3.73. The summed E-state index contributed by atoms with van der Waals surface area (Å²) in [5, 5.41) is 19.8. The quantitative estimate of drug-likeness (QED) is 0.341. The van der Waals surface area contributed by atoms with Gasteiger partial charge in [0.15, 0.2) is 6.29 Å². The van der Waals surface area contributed by atoms with E-state index in [1.165, 1.54) is 13.8 Å². The van der Waals surface area contributed by atoms with Gasteiger partial charge in [0.25, 0.3) is 0 Å². The van der Waals surface area contributed by atoms with Gasteiger partial charge in [-0.05, 0) is 20.8 Å². The maximum atomic E-state index is 12.1. The molecular formula is C15H32NO8P. The van der Waals surface area contributed by atoms with Crippen molar-refractivity contribution < 1.29 is 38.4 Å². The second kappa shape index (κ2) is 9.21. The van der Waals surface area contributed by atoms with Crippen LogP contribution in [0.3, 0.4) is 0 Å². The minimum atomic E-state index is -3.98. The average molecular weight is 385 g/mol. The zero-order chi connectivity index (χ0) is 19.4. The fourth-order valence-corrected chi connectivity index (χ4v) is 3.03. The molecule has 1 aliphatic heterocycles. The molecule has 0 spiro atoms. The minimum Gasteiger partial charge on any atom is -0.394 e. The van der Waals surface area contributed by atoms with Gasteiger partial charge < -0.3 is 35.1 Å². The Labute approximate surface area is 148 Å². The summed E-state index contributed by atoms with van der Waals surface area (Å²) in [6, 6.07) is -1.01. The summed E-state index contributed by atoms with van der Waals surface area (Å²) >= 11 is 0. The first-order valence-corrected chi connectivity index (χ1v) is 10.00. The van der Waals surface area contributed by atoms with Crippen LogP contribution in [0.25, 0.3) is 0 Å². The van der Waals surface area contributed by atoms with E-state index in [0.717, 1.165) is 0 Å². The molecule has 0 aromatic rings. The van der Waals surface area contributed by atoms with Gasteiger partial charge >= 0.3 is 7.60 Å². The third-order valence-corrected chi connectivity index (χ3v) is 5.58. The Morgan fingerprint density at radius 3 is 2.36 bits per heavy atom. The molecule has 25 heavy (non-hydrogen) atoms. The van der Waals surface area contributed by atoms with E-state index in [1.807, 2.05) is 20.8 Å². The van der Waals surface area contributed by atoms with Gasteiger partial charge in [-0.25, -0.2) is 0 Å². The first-order chi connectivity index (χ1) is 11.4. The van der Waals surface area contributed by atoms with Gasteiger partial charge in [0, 0.05) is 0 Å². The van der Waals surface area contributed by atoms with Gasteiger partial charge in [-0.1, -0.05) is 13.8 Å². The molecule has 150 valence electrons. The molecule has 9 nitrogen and oxygen atoms in total. The lowest BCUT2D eigenvalue weighted by Gasteiger charge is -2.43. The summed E-state index contributed by atoms with van der Waals surface area (Å²) in [5.74, 6) is 0. The summed E-state index contributed by atoms with van der Waals surface area (Å²) in [5.41, 5.74) is 4.94. The van der Waals surface area contributed by atoms with Crippen LogP contribution in [0.1, 0.15) is 34.6 Å². The van der Waals surface area contributed by atoms with Crippen molar-refractivity contribution in [1.82, 2.24) is 0 Å². The highest BCUT2D eigenvalue weighted by atomic mass is 31.2. The molecule has 1 heterocycles. The van der Waals surface area contributed by atoms with Crippen LogP contribution in [0.4, 0.5) is 0 Å². The van der Waals surface area contributed by atoms with Crippen LogP contribution in [0.15, 0.2) is 0 Å². The van der Waals surface area contributed by atoms with Crippen molar-refractivity contribution in [3.8, 4) is 0 Å². The Kier molecular flexibility index (Phi) is 8.46. The average Bonchev–Trinajstić information content (AvgIpc) is 2.49. The van der Waals surface area contributed by atoms with Gasteiger partial charge in [0.05, 0.1) is 37.1 Å². The van der Waals surface area contributed by atoms with Crippen molar-refractivity contribution in [2.75, 3.05) is 19.8 Å². The molecule has 0 aliphatic carbocycles. The first kappa shape index (κ1) is 23.0. The Bertz CT molecular complexity index is 453. The van der Waals surface area contributed by atoms with E-state index in [0.29, 0.717) is 6.61 Å². The molecule has 6 atom stereocenters. The van der Waals surface area contributed by atoms with E-state index in [-0.39, 0.29) is 12.2 Å². The number of hydrogen-bond donors (Lipinski definition) is 4. The summed E-state index contributed by atoms with van der Waals surface area (Å²) in [7, 11) is -3.98. The van der Waals surface area contributed by atoms with Gasteiger partial charge in [0.2, 0.25) is 0 Å². The van der Waals surface area contributed by atoms with E-state index in [2.05, 4.69) is 0 Å². The van der Waals surface area contributed by atoms with Crippen LogP contribution in [-0.4, -0.2) is 76.8 Å². The van der Waals surface area contributed by atoms with E-state index < -0.39 is 50.5 Å². The predicted molar refractivity (Wildman–Crippen MR) is 91.2 cm³/mol. The zero-order valence-corrected chi connectivity index (χ0v) is 16.4. The lowest BCUT2D eigenvalue weighted by Crippen LogP contribution is -2.63. The summed E-state index contributed by atoms with van der Waals surface area (Å²) in [4.78, 5) is 9.87. The first-order valence-electron chi connectivity index (χ1n) is 8.35. The lowest BCUT2D eigenvalue weighted by molar-refractivity contribution is -0.265. The summed E-state index contributed by atoms with van der Waals surface area (Å²) in [6.07, 6.45) is -4.60. The molecule has 10 heteroatoms. The molecule has 1 rings (SSSR count). The molecule has 0 bridgehead atoms. The van der Waals surface area contributed by atoms with Crippen LogP contribution in [0.5, 0.6) is 0 Å². The predicted octanol–water partition coefficient (Wildman–Crippen LogP) is 0.203. The highest BCUT2D eigenvalue weighted by Gasteiger charge is 2.47. The standard InChI is InChI=1S/C15H32NO8P/c1-9(2)25(19,20)24-13-10(8-17)23-14(11(16)12(13)18)21-6-7-22-15(3,4)5/h9-14,17-18H,6-8,16H2,1-5H3,(H,19,20). The van der Waals surface area contributed by atoms with Gasteiger partial charge in [0.1, 0.15) is 18.3 Å². The van der Waals surface area contributed by atoms with Gasteiger partial charge in [-0.3, -0.25) is 9.09 Å². The van der Waals surface area contributed by atoms with E-state index in [1.54, 1.807) is 0 Å². The van der Waals surface area contributed by atoms with Crippen LogP contribution in [-0.2, 0) is 23.3 Å². The van der Waals surface area contributed by atoms with E-state index >= 15 is 0 Å². The zero-order valence-electron chi connectivity index (χ0n) is 15.5. The molecule has 6 unspecified atom stereocenters. The van der Waals surface area contributed by atoms with Crippen LogP contribution in [0, 0.1) is 0 Å². The molecule has 1 saturated heterocycles. The van der Waals surface area contributed by atoms with Crippen molar-refractivity contribution >= 4 is 7.60 Å². The molecule has 0 saturated carbocycles. The number of aliphatic hydroxyl groups excluding tert-OH is 2. The lowest BCUT2D eigenvalue weighted by atomic mass is 9.98. The number of ether oxygens (including phenoxy) is 3. The number of aliphatic hydroxyl groups is 2. The fraction of sp³-hybridized carbons (Fsp3) is 1.00. The van der Waals surface area contributed by atoms with Crippen molar-refractivity contribution in [1.29, 1.82) is 0 Å². The topological polar surface area (TPSA) is 141 Å². The Morgan fingerprint density at radius 2 is 1.88 bits per heavy atom. The normalized spacial score (nSPS) is 33.4. The second-order valence-corrected chi connectivity index (χ2v) is 9.72. The van der Waals surface area contributed by atoms with E-state index in [4.69, 9.17) is 24.5 Å². The van der Waals surface area contributed by atoms with Crippen LogP contribution < -0.4 is 5.73 Å². The maximum absolute atomic E-state index is 12.1. The summed E-state index contributed by atoms with van der Waals surface area (Å²) in [6.45, 7) is 8.72. The largest absolute Gasteiger partial charge is 0.394 e. The molecule has 0 amide bonds. The smallest absolute Gasteiger partial charge is 0.331 e. The molecule has 0 radical (unpaired) electrons. The maximum Gasteiger partial charge on any atom is 0.331 e. The Morgan fingerprint density at radius 1 is 1.28 bits per heavy atom. The highest BCUT2D eigenvalue weighted by Crippen LogP contribution is 2.49. The third kappa shape index (κ3) is 6.86. The fourth-order valence-electron chi connectivity index (χ4n) is 2.18. The van der Waals surface area contributed by atoms with Gasteiger partial charge in [-0.2, -0.15) is 0 Å². The molecule has 0 aromatic carbocycles. The van der Waals surface area contributed by atoms with Crippen molar-refractivity contribution in [3.05, 3.63) is 0 Å². The molecule has 0 aromatic heterocycles. The van der Waals surface area contributed by atoms with Crippen LogP contribution >= 0.6 is 7.60 Å². The number of nitrogens with two attached hydrogens (primary N) is 1. The minimum absolute atomic E-state index is 0.177. The summed E-state index contributed by atoms with van der Waals surface area (Å²) < 4.78 is 33.8. The number of rotatable bonds is 8. The van der Waals surface area contributed by atoms with Crippen molar-refractivity contribution in [3.63, 3.8) is 0 Å².